The molecule has 0 spiro atoms. The minimum atomic E-state index is -0.311. The predicted molar refractivity (Wildman–Crippen MR) is 123 cm³/mol. The first-order chi connectivity index (χ1) is 15.1. The minimum absolute atomic E-state index is 0.119. The van der Waals surface area contributed by atoms with Crippen LogP contribution in [-0.4, -0.2) is 29.3 Å². The molecule has 5 heteroatoms. The van der Waals surface area contributed by atoms with Crippen LogP contribution in [0.25, 0.3) is 5.57 Å². The van der Waals surface area contributed by atoms with Gasteiger partial charge in [-0.25, -0.2) is 5.48 Å². The SMILES string of the molecule is CC1C=C(COc2ccccc2)c2ccccc2N1C1(CC(=O)NO)CCCCCC1. The standard InChI is InChI=1S/C26H32N2O3/c1-20-17-21(19-31-22-11-5-4-6-12-22)23-13-7-8-14-24(23)28(20)26(18-25(29)27-30)15-9-2-3-10-16-26/h4-8,11-14,17,20,30H,2-3,9-10,15-16,18-19H2,1H3,(H,27,29). The predicted octanol–water partition coefficient (Wildman–Crippen LogP) is 5.35. The summed E-state index contributed by atoms with van der Waals surface area (Å²) in [5, 5.41) is 9.28. The molecule has 0 radical (unpaired) electrons. The Morgan fingerprint density at radius 1 is 1.06 bits per heavy atom. The Kier molecular flexibility index (Phi) is 6.62. The first-order valence-electron chi connectivity index (χ1n) is 11.3. The molecule has 1 aliphatic heterocycles. The van der Waals surface area contributed by atoms with Gasteiger partial charge < -0.3 is 9.64 Å². The quantitative estimate of drug-likeness (QED) is 0.376. The lowest BCUT2D eigenvalue weighted by molar-refractivity contribution is -0.130. The molecule has 5 nitrogen and oxygen atoms in total. The summed E-state index contributed by atoms with van der Waals surface area (Å²) >= 11 is 0. The summed E-state index contributed by atoms with van der Waals surface area (Å²) < 4.78 is 6.07. The zero-order valence-corrected chi connectivity index (χ0v) is 18.2. The van der Waals surface area contributed by atoms with Gasteiger partial charge in [0.05, 0.1) is 6.42 Å². The average Bonchev–Trinajstić information content (AvgIpc) is 3.04. The number of hydroxylamine groups is 1. The van der Waals surface area contributed by atoms with Crippen molar-refractivity contribution < 1.29 is 14.7 Å². The number of carbonyl (C=O) groups is 1. The monoisotopic (exact) mass is 420 g/mol. The van der Waals surface area contributed by atoms with Gasteiger partial charge in [0.2, 0.25) is 5.91 Å². The Morgan fingerprint density at radius 3 is 2.45 bits per heavy atom. The highest BCUT2D eigenvalue weighted by molar-refractivity contribution is 5.84. The van der Waals surface area contributed by atoms with Crippen molar-refractivity contribution in [3.05, 3.63) is 66.2 Å². The van der Waals surface area contributed by atoms with Crippen LogP contribution >= 0.6 is 0 Å². The first kappa shape index (κ1) is 21.4. The molecule has 2 N–H and O–H groups in total. The maximum absolute atomic E-state index is 12.4. The maximum atomic E-state index is 12.4. The minimum Gasteiger partial charge on any atom is -0.489 e. The second kappa shape index (κ2) is 9.56. The molecule has 1 amide bonds. The van der Waals surface area contributed by atoms with Crippen LogP contribution in [0.5, 0.6) is 5.75 Å². The highest BCUT2D eigenvalue weighted by Gasteiger charge is 2.43. The summed E-state index contributed by atoms with van der Waals surface area (Å²) in [7, 11) is 0. The molecular weight excluding hydrogens is 388 g/mol. The molecule has 1 atom stereocenters. The van der Waals surface area contributed by atoms with Gasteiger partial charge in [0.15, 0.2) is 0 Å². The van der Waals surface area contributed by atoms with Crippen molar-refractivity contribution in [2.45, 2.75) is 63.5 Å². The number of anilines is 1. The number of nitrogens with zero attached hydrogens (tertiary/aromatic N) is 1. The maximum Gasteiger partial charge on any atom is 0.245 e. The van der Waals surface area contributed by atoms with Gasteiger partial charge >= 0.3 is 0 Å². The Hall–Kier alpha value is -2.79. The third-order valence-electron chi connectivity index (χ3n) is 6.66. The van der Waals surface area contributed by atoms with Crippen molar-refractivity contribution in [2.75, 3.05) is 11.5 Å². The van der Waals surface area contributed by atoms with E-state index in [0.29, 0.717) is 13.0 Å². The van der Waals surface area contributed by atoms with Crippen molar-refractivity contribution in [2.24, 2.45) is 0 Å². The number of amides is 1. The van der Waals surface area contributed by atoms with E-state index in [0.717, 1.165) is 42.7 Å². The average molecular weight is 421 g/mol. The van der Waals surface area contributed by atoms with E-state index in [4.69, 9.17) is 4.74 Å². The Bertz CT molecular complexity index is 917. The fraction of sp³-hybridized carbons (Fsp3) is 0.423. The Morgan fingerprint density at radius 2 is 1.74 bits per heavy atom. The smallest absolute Gasteiger partial charge is 0.245 e. The molecule has 0 saturated heterocycles. The van der Waals surface area contributed by atoms with Crippen LogP contribution in [-0.2, 0) is 4.79 Å². The van der Waals surface area contributed by atoms with Gasteiger partial charge in [-0.3, -0.25) is 10.0 Å². The van der Waals surface area contributed by atoms with E-state index in [1.807, 2.05) is 35.8 Å². The number of hydrogen-bond donors (Lipinski definition) is 2. The van der Waals surface area contributed by atoms with Crippen LogP contribution in [0.2, 0.25) is 0 Å². The van der Waals surface area contributed by atoms with Gasteiger partial charge in [0, 0.05) is 22.8 Å². The van der Waals surface area contributed by atoms with Gasteiger partial charge in [-0.05, 0) is 43.5 Å². The largest absolute Gasteiger partial charge is 0.489 e. The first-order valence-corrected chi connectivity index (χ1v) is 11.3. The van der Waals surface area contributed by atoms with Gasteiger partial charge in [-0.2, -0.15) is 0 Å². The molecule has 2 aromatic rings. The van der Waals surface area contributed by atoms with Crippen LogP contribution in [0.15, 0.2) is 60.7 Å². The van der Waals surface area contributed by atoms with Crippen LogP contribution in [0, 0.1) is 0 Å². The lowest BCUT2D eigenvalue weighted by atomic mass is 9.80. The number of hydrogen-bond acceptors (Lipinski definition) is 4. The molecule has 1 unspecified atom stereocenters. The number of nitrogens with one attached hydrogen (secondary N) is 1. The molecule has 31 heavy (non-hydrogen) atoms. The van der Waals surface area contributed by atoms with Crippen LogP contribution in [0.3, 0.4) is 0 Å². The third kappa shape index (κ3) is 4.62. The van der Waals surface area contributed by atoms with Crippen LogP contribution < -0.4 is 15.1 Å². The van der Waals surface area contributed by atoms with E-state index in [1.54, 1.807) is 0 Å². The molecule has 4 rings (SSSR count). The fourth-order valence-electron chi connectivity index (χ4n) is 5.35. The zero-order chi connectivity index (χ0) is 21.7. The van der Waals surface area contributed by atoms with Crippen molar-refractivity contribution in [3.8, 4) is 5.75 Å². The van der Waals surface area contributed by atoms with Crippen molar-refractivity contribution >= 4 is 17.2 Å². The molecule has 2 aromatic carbocycles. The number of carbonyl (C=O) groups excluding carboxylic acids is 1. The van der Waals surface area contributed by atoms with Crippen LogP contribution in [0.4, 0.5) is 5.69 Å². The molecule has 1 saturated carbocycles. The van der Waals surface area contributed by atoms with Gasteiger partial charge in [-0.1, -0.05) is 68.2 Å². The topological polar surface area (TPSA) is 61.8 Å². The van der Waals surface area contributed by atoms with E-state index < -0.39 is 0 Å². The summed E-state index contributed by atoms with van der Waals surface area (Å²) in [6, 6.07) is 18.4. The molecule has 0 aromatic heterocycles. The van der Waals surface area contributed by atoms with E-state index in [1.165, 1.54) is 18.4 Å². The molecule has 1 fully saturated rings. The van der Waals surface area contributed by atoms with Gasteiger partial charge in [-0.15, -0.1) is 0 Å². The number of fused-ring (bicyclic) bond motifs is 1. The third-order valence-corrected chi connectivity index (χ3v) is 6.66. The Labute approximate surface area is 184 Å². The second-order valence-electron chi connectivity index (χ2n) is 8.77. The number of benzene rings is 2. The molecule has 1 heterocycles. The van der Waals surface area contributed by atoms with E-state index in [2.05, 4.69) is 42.2 Å². The lowest BCUT2D eigenvalue weighted by Gasteiger charge is -2.50. The highest BCUT2D eigenvalue weighted by Crippen LogP contribution is 2.45. The van der Waals surface area contributed by atoms with Gasteiger partial charge in [0.25, 0.3) is 0 Å². The van der Waals surface area contributed by atoms with E-state index in [-0.39, 0.29) is 17.5 Å². The van der Waals surface area contributed by atoms with Crippen molar-refractivity contribution in [1.29, 1.82) is 0 Å². The lowest BCUT2D eigenvalue weighted by Crippen LogP contribution is -2.56. The number of rotatable bonds is 6. The van der Waals surface area contributed by atoms with Crippen LogP contribution in [0.1, 0.15) is 57.4 Å². The van der Waals surface area contributed by atoms with Crippen molar-refractivity contribution in [3.63, 3.8) is 0 Å². The Balaban J connectivity index is 1.68. The van der Waals surface area contributed by atoms with Gasteiger partial charge in [0.1, 0.15) is 12.4 Å². The zero-order valence-electron chi connectivity index (χ0n) is 18.2. The summed E-state index contributed by atoms with van der Waals surface area (Å²) in [4.78, 5) is 14.8. The molecule has 0 bridgehead atoms. The normalized spacial score (nSPS) is 20.3. The molecule has 1 aliphatic carbocycles. The molecular formula is C26H32N2O3. The second-order valence-corrected chi connectivity index (χ2v) is 8.77. The van der Waals surface area contributed by atoms with Crippen molar-refractivity contribution in [1.82, 2.24) is 5.48 Å². The molecule has 164 valence electrons. The summed E-state index contributed by atoms with van der Waals surface area (Å²) in [6.45, 7) is 2.70. The summed E-state index contributed by atoms with van der Waals surface area (Å²) in [5.41, 5.74) is 5.05. The van der Waals surface area contributed by atoms with E-state index in [9.17, 15) is 10.0 Å². The summed E-state index contributed by atoms with van der Waals surface area (Å²) in [5.74, 6) is 0.546. The number of ether oxygens (including phenoxy) is 1. The fourth-order valence-corrected chi connectivity index (χ4v) is 5.35. The summed E-state index contributed by atoms with van der Waals surface area (Å²) in [6.07, 6.45) is 9.04. The highest BCUT2D eigenvalue weighted by atomic mass is 16.5. The number of para-hydroxylation sites is 2. The van der Waals surface area contributed by atoms with E-state index >= 15 is 0 Å². The molecule has 2 aliphatic rings.